The maximum Gasteiger partial charge on any atom is 0.177 e. The summed E-state index contributed by atoms with van der Waals surface area (Å²) in [6.45, 7) is 2.09. The number of fused-ring (bicyclic) bond motifs is 1. The summed E-state index contributed by atoms with van der Waals surface area (Å²) in [5, 5.41) is 6.50. The predicted octanol–water partition coefficient (Wildman–Crippen LogP) is 1.31. The molecule has 0 amide bonds. The number of halogens is 1. The molecule has 17 heavy (non-hydrogen) atoms. The summed E-state index contributed by atoms with van der Waals surface area (Å²) in [7, 11) is 5.95. The van der Waals surface area contributed by atoms with Crippen LogP contribution in [0.25, 0.3) is 11.2 Å². The Balaban J connectivity index is 2.71. The Labute approximate surface area is 106 Å². The van der Waals surface area contributed by atoms with E-state index in [1.165, 1.54) is 0 Å². The number of imidazole rings is 1. The summed E-state index contributed by atoms with van der Waals surface area (Å²) in [6, 6.07) is 0. The number of rotatable bonds is 4. The van der Waals surface area contributed by atoms with Crippen molar-refractivity contribution in [3.8, 4) is 0 Å². The topological polar surface area (TPSA) is 38.9 Å². The highest BCUT2D eigenvalue weighted by atomic mass is 35.5. The zero-order valence-electron chi connectivity index (χ0n) is 10.7. The fourth-order valence-electron chi connectivity index (χ4n) is 2.11. The normalized spacial score (nSPS) is 11.4. The highest BCUT2D eigenvalue weighted by Crippen LogP contribution is 2.20. The van der Waals surface area contributed by atoms with Gasteiger partial charge in [0, 0.05) is 33.4 Å². The molecule has 0 aliphatic heterocycles. The van der Waals surface area contributed by atoms with Crippen LogP contribution in [-0.2, 0) is 19.9 Å². The van der Waals surface area contributed by atoms with Gasteiger partial charge >= 0.3 is 0 Å². The number of aromatic nitrogens is 4. The molecule has 0 aliphatic carbocycles. The summed E-state index contributed by atoms with van der Waals surface area (Å²) in [4.78, 5) is 4.67. The Kier molecular flexibility index (Phi) is 3.28. The Morgan fingerprint density at radius 2 is 2.06 bits per heavy atom. The molecule has 0 spiro atoms. The van der Waals surface area contributed by atoms with Gasteiger partial charge in [0.15, 0.2) is 5.65 Å². The maximum absolute atomic E-state index is 5.83. The van der Waals surface area contributed by atoms with Crippen molar-refractivity contribution in [3.05, 3.63) is 11.5 Å². The molecule has 0 saturated carbocycles. The standard InChI is InChI=1S/C11H18ClN5/c1-5-8-10-11(16(4)14-8)17(15(2)3)9(13-10)6-7-12/h5-7H2,1-4H3. The van der Waals surface area contributed by atoms with Gasteiger partial charge in [-0.15, -0.1) is 11.6 Å². The van der Waals surface area contributed by atoms with Crippen LogP contribution in [0.5, 0.6) is 0 Å². The van der Waals surface area contributed by atoms with E-state index in [-0.39, 0.29) is 0 Å². The highest BCUT2D eigenvalue weighted by Gasteiger charge is 2.19. The van der Waals surface area contributed by atoms with Crippen molar-refractivity contribution in [1.29, 1.82) is 0 Å². The van der Waals surface area contributed by atoms with Gasteiger partial charge < -0.3 is 5.01 Å². The number of hydrogen-bond acceptors (Lipinski definition) is 3. The molecule has 0 bridgehead atoms. The number of alkyl halides is 1. The first-order valence-corrected chi connectivity index (χ1v) is 6.30. The second-order valence-corrected chi connectivity index (χ2v) is 4.60. The number of aryl methyl sites for hydroxylation is 3. The first-order valence-electron chi connectivity index (χ1n) is 5.76. The van der Waals surface area contributed by atoms with Gasteiger partial charge in [0.1, 0.15) is 11.3 Å². The lowest BCUT2D eigenvalue weighted by molar-refractivity contribution is 0.659. The monoisotopic (exact) mass is 255 g/mol. The first kappa shape index (κ1) is 12.2. The van der Waals surface area contributed by atoms with Crippen LogP contribution in [0, 0.1) is 0 Å². The molecule has 5 nitrogen and oxygen atoms in total. The minimum Gasteiger partial charge on any atom is -0.316 e. The molecule has 0 unspecified atom stereocenters. The fraction of sp³-hybridized carbons (Fsp3) is 0.636. The minimum absolute atomic E-state index is 0.575. The molecule has 0 fully saturated rings. The van der Waals surface area contributed by atoms with E-state index < -0.39 is 0 Å². The molecule has 6 heteroatoms. The second kappa shape index (κ2) is 4.56. The predicted molar refractivity (Wildman–Crippen MR) is 70.4 cm³/mol. The molecular formula is C11H18ClN5. The van der Waals surface area contributed by atoms with Crippen molar-refractivity contribution in [2.75, 3.05) is 25.0 Å². The summed E-state index contributed by atoms with van der Waals surface area (Å²) < 4.78 is 3.96. The van der Waals surface area contributed by atoms with Gasteiger partial charge in [0.05, 0.1) is 5.69 Å². The largest absolute Gasteiger partial charge is 0.316 e. The van der Waals surface area contributed by atoms with Crippen LogP contribution in [0.4, 0.5) is 0 Å². The third-order valence-corrected chi connectivity index (χ3v) is 2.99. The van der Waals surface area contributed by atoms with Gasteiger partial charge in [-0.05, 0) is 6.42 Å². The molecule has 0 aliphatic rings. The van der Waals surface area contributed by atoms with Crippen molar-refractivity contribution in [2.45, 2.75) is 19.8 Å². The third-order valence-electron chi connectivity index (χ3n) is 2.80. The lowest BCUT2D eigenvalue weighted by Gasteiger charge is -2.17. The van der Waals surface area contributed by atoms with E-state index in [1.54, 1.807) is 0 Å². The lowest BCUT2D eigenvalue weighted by atomic mass is 10.3. The molecule has 0 radical (unpaired) electrons. The minimum atomic E-state index is 0.575. The molecule has 2 aromatic heterocycles. The van der Waals surface area contributed by atoms with Crippen LogP contribution in [0.3, 0.4) is 0 Å². The molecule has 2 rings (SSSR count). The number of hydrogen-bond donors (Lipinski definition) is 0. The zero-order chi connectivity index (χ0) is 12.6. The summed E-state index contributed by atoms with van der Waals surface area (Å²) in [5.41, 5.74) is 3.06. The van der Waals surface area contributed by atoms with E-state index in [0.717, 1.165) is 35.5 Å². The Hall–Kier alpha value is -1.23. The molecule has 0 saturated heterocycles. The van der Waals surface area contributed by atoms with E-state index in [2.05, 4.69) is 21.7 Å². The molecule has 0 N–H and O–H groups in total. The van der Waals surface area contributed by atoms with Crippen molar-refractivity contribution < 1.29 is 0 Å². The van der Waals surface area contributed by atoms with Crippen LogP contribution < -0.4 is 5.01 Å². The van der Waals surface area contributed by atoms with Gasteiger partial charge in [0.2, 0.25) is 0 Å². The van der Waals surface area contributed by atoms with Crippen LogP contribution in [-0.4, -0.2) is 39.4 Å². The zero-order valence-corrected chi connectivity index (χ0v) is 11.5. The van der Waals surface area contributed by atoms with Gasteiger partial charge in [-0.3, -0.25) is 0 Å². The Bertz CT molecular complexity index is 525. The summed E-state index contributed by atoms with van der Waals surface area (Å²) >= 11 is 5.83. The molecule has 0 aromatic carbocycles. The van der Waals surface area contributed by atoms with Gasteiger partial charge in [-0.2, -0.15) is 5.10 Å². The van der Waals surface area contributed by atoms with Crippen LogP contribution >= 0.6 is 11.6 Å². The van der Waals surface area contributed by atoms with Crippen molar-refractivity contribution in [2.24, 2.45) is 7.05 Å². The molecule has 2 heterocycles. The number of nitrogens with zero attached hydrogens (tertiary/aromatic N) is 5. The van der Waals surface area contributed by atoms with Gasteiger partial charge in [-0.1, -0.05) is 6.92 Å². The van der Waals surface area contributed by atoms with E-state index in [9.17, 15) is 0 Å². The first-order chi connectivity index (χ1) is 8.10. The maximum atomic E-state index is 5.83. The molecule has 0 atom stereocenters. The smallest absolute Gasteiger partial charge is 0.177 e. The fourth-order valence-corrected chi connectivity index (χ4v) is 2.28. The molecular weight excluding hydrogens is 238 g/mol. The van der Waals surface area contributed by atoms with Crippen molar-refractivity contribution in [3.63, 3.8) is 0 Å². The average molecular weight is 256 g/mol. The summed E-state index contributed by atoms with van der Waals surface area (Å²) in [6.07, 6.45) is 1.65. The van der Waals surface area contributed by atoms with Crippen LogP contribution in [0.15, 0.2) is 0 Å². The Morgan fingerprint density at radius 3 is 2.59 bits per heavy atom. The van der Waals surface area contributed by atoms with Crippen molar-refractivity contribution >= 4 is 22.8 Å². The van der Waals surface area contributed by atoms with Gasteiger partial charge in [-0.25, -0.2) is 14.3 Å². The molecule has 2 aromatic rings. The van der Waals surface area contributed by atoms with Gasteiger partial charge in [0.25, 0.3) is 0 Å². The Morgan fingerprint density at radius 1 is 1.35 bits per heavy atom. The van der Waals surface area contributed by atoms with Crippen LogP contribution in [0.2, 0.25) is 0 Å². The van der Waals surface area contributed by atoms with E-state index in [0.29, 0.717) is 5.88 Å². The molecule has 94 valence electrons. The second-order valence-electron chi connectivity index (χ2n) is 4.22. The summed E-state index contributed by atoms with van der Waals surface area (Å²) in [5.74, 6) is 1.56. The van der Waals surface area contributed by atoms with Crippen molar-refractivity contribution in [1.82, 2.24) is 19.4 Å². The lowest BCUT2D eigenvalue weighted by Crippen LogP contribution is -2.28. The van der Waals surface area contributed by atoms with Crippen LogP contribution in [0.1, 0.15) is 18.4 Å². The third kappa shape index (κ3) is 1.88. The SMILES string of the molecule is CCc1nn(C)c2c1nc(CCCl)n2N(C)C. The van der Waals surface area contributed by atoms with E-state index in [1.807, 2.05) is 30.8 Å². The average Bonchev–Trinajstić information content (AvgIpc) is 2.77. The quantitative estimate of drug-likeness (QED) is 0.774. The van der Waals surface area contributed by atoms with E-state index in [4.69, 9.17) is 11.6 Å². The highest BCUT2D eigenvalue weighted by molar-refractivity contribution is 6.17. The van der Waals surface area contributed by atoms with E-state index >= 15 is 0 Å².